The van der Waals surface area contributed by atoms with E-state index in [9.17, 15) is 17.6 Å². The van der Waals surface area contributed by atoms with Gasteiger partial charge < -0.3 is 5.32 Å². The number of sulfone groups is 1. The summed E-state index contributed by atoms with van der Waals surface area (Å²) in [4.78, 5) is 12.2. The third kappa shape index (κ3) is 4.10. The lowest BCUT2D eigenvalue weighted by Crippen LogP contribution is -2.37. The molecule has 1 aromatic rings. The summed E-state index contributed by atoms with van der Waals surface area (Å²) in [5.41, 5.74) is 0.834. The Labute approximate surface area is 136 Å². The minimum Gasteiger partial charge on any atom is -0.348 e. The maximum absolute atomic E-state index is 13.1. The average Bonchev–Trinajstić information content (AvgIpc) is 3.17. The lowest BCUT2D eigenvalue weighted by molar-refractivity contribution is -0.119. The van der Waals surface area contributed by atoms with Gasteiger partial charge in [0.25, 0.3) is 0 Å². The van der Waals surface area contributed by atoms with E-state index < -0.39 is 21.5 Å². The zero-order valence-electron chi connectivity index (χ0n) is 13.0. The van der Waals surface area contributed by atoms with Crippen LogP contribution in [0.25, 0.3) is 0 Å². The summed E-state index contributed by atoms with van der Waals surface area (Å²) >= 11 is 0. The molecule has 2 aliphatic rings. The standard InChI is InChI=1S/C17H22FNO3S/c18-14-9-7-13(8-10-14)17(12-5-6-12)19-16(20)11-23(21,22)15-3-1-2-4-15/h7-10,12,15,17H,1-6,11H2,(H,19,20). The highest BCUT2D eigenvalue weighted by Crippen LogP contribution is 2.41. The second kappa shape index (κ2) is 6.59. The van der Waals surface area contributed by atoms with Crippen LogP contribution in [-0.2, 0) is 14.6 Å². The second-order valence-electron chi connectivity index (χ2n) is 6.65. The van der Waals surface area contributed by atoms with E-state index in [1.807, 2.05) is 0 Å². The molecule has 1 N–H and O–H groups in total. The first kappa shape index (κ1) is 16.4. The molecule has 1 atom stereocenters. The van der Waals surface area contributed by atoms with Crippen molar-refractivity contribution in [3.05, 3.63) is 35.6 Å². The molecule has 126 valence electrons. The number of halogens is 1. The molecule has 2 fully saturated rings. The van der Waals surface area contributed by atoms with E-state index in [1.54, 1.807) is 12.1 Å². The van der Waals surface area contributed by atoms with Crippen molar-refractivity contribution in [2.45, 2.75) is 49.8 Å². The first-order valence-corrected chi connectivity index (χ1v) is 9.93. The van der Waals surface area contributed by atoms with Gasteiger partial charge in [0.2, 0.25) is 5.91 Å². The number of nitrogens with one attached hydrogen (secondary N) is 1. The molecule has 4 nitrogen and oxygen atoms in total. The normalized spacial score (nSPS) is 20.4. The van der Waals surface area contributed by atoms with E-state index in [0.717, 1.165) is 31.2 Å². The molecule has 0 saturated heterocycles. The Morgan fingerprint density at radius 2 is 1.74 bits per heavy atom. The SMILES string of the molecule is O=C(CS(=O)(=O)C1CCCC1)NC(c1ccc(F)cc1)C1CC1. The molecule has 0 bridgehead atoms. The van der Waals surface area contributed by atoms with E-state index in [-0.39, 0.29) is 17.1 Å². The van der Waals surface area contributed by atoms with Crippen molar-refractivity contribution >= 4 is 15.7 Å². The van der Waals surface area contributed by atoms with Gasteiger partial charge in [-0.3, -0.25) is 4.79 Å². The minimum atomic E-state index is -3.37. The van der Waals surface area contributed by atoms with Crippen molar-refractivity contribution in [2.24, 2.45) is 5.92 Å². The molecule has 0 spiro atoms. The van der Waals surface area contributed by atoms with Crippen LogP contribution in [0.5, 0.6) is 0 Å². The Morgan fingerprint density at radius 3 is 2.30 bits per heavy atom. The number of amides is 1. The molecule has 0 aliphatic heterocycles. The highest BCUT2D eigenvalue weighted by molar-refractivity contribution is 7.92. The average molecular weight is 339 g/mol. The van der Waals surface area contributed by atoms with Gasteiger partial charge in [0.05, 0.1) is 11.3 Å². The molecule has 1 aromatic carbocycles. The Hall–Kier alpha value is -1.43. The quantitative estimate of drug-likeness (QED) is 0.867. The number of benzene rings is 1. The molecule has 2 aliphatic carbocycles. The fourth-order valence-electron chi connectivity index (χ4n) is 3.34. The van der Waals surface area contributed by atoms with E-state index in [1.165, 1.54) is 12.1 Å². The van der Waals surface area contributed by atoms with Gasteiger partial charge in [0, 0.05) is 0 Å². The third-order valence-electron chi connectivity index (χ3n) is 4.78. The summed E-state index contributed by atoms with van der Waals surface area (Å²) in [5, 5.41) is 2.49. The molecular weight excluding hydrogens is 317 g/mol. The monoisotopic (exact) mass is 339 g/mol. The Bertz CT molecular complexity index is 662. The van der Waals surface area contributed by atoms with Gasteiger partial charge in [0.1, 0.15) is 11.6 Å². The molecule has 3 rings (SSSR count). The maximum Gasteiger partial charge on any atom is 0.235 e. The van der Waals surface area contributed by atoms with Crippen LogP contribution in [0.3, 0.4) is 0 Å². The molecule has 0 radical (unpaired) electrons. The van der Waals surface area contributed by atoms with Crippen molar-refractivity contribution in [1.82, 2.24) is 5.32 Å². The van der Waals surface area contributed by atoms with Crippen LogP contribution in [0.2, 0.25) is 0 Å². The summed E-state index contributed by atoms with van der Waals surface area (Å²) < 4.78 is 37.6. The van der Waals surface area contributed by atoms with E-state index in [4.69, 9.17) is 0 Å². The summed E-state index contributed by atoms with van der Waals surface area (Å²) in [6.45, 7) is 0. The van der Waals surface area contributed by atoms with Crippen molar-refractivity contribution in [3.63, 3.8) is 0 Å². The fourth-order valence-corrected chi connectivity index (χ4v) is 5.07. The predicted molar refractivity (Wildman–Crippen MR) is 86.1 cm³/mol. The van der Waals surface area contributed by atoms with Crippen LogP contribution in [0.15, 0.2) is 24.3 Å². The van der Waals surface area contributed by atoms with E-state index >= 15 is 0 Å². The lowest BCUT2D eigenvalue weighted by Gasteiger charge is -2.19. The van der Waals surface area contributed by atoms with Crippen LogP contribution >= 0.6 is 0 Å². The topological polar surface area (TPSA) is 63.2 Å². The van der Waals surface area contributed by atoms with Crippen LogP contribution in [0, 0.1) is 11.7 Å². The van der Waals surface area contributed by atoms with Crippen LogP contribution in [0.1, 0.15) is 50.1 Å². The molecule has 6 heteroatoms. The van der Waals surface area contributed by atoms with Crippen molar-refractivity contribution in [1.29, 1.82) is 0 Å². The highest BCUT2D eigenvalue weighted by Gasteiger charge is 2.35. The lowest BCUT2D eigenvalue weighted by atomic mass is 10.0. The van der Waals surface area contributed by atoms with Gasteiger partial charge in [-0.15, -0.1) is 0 Å². The zero-order chi connectivity index (χ0) is 16.4. The third-order valence-corrected chi connectivity index (χ3v) is 6.93. The van der Waals surface area contributed by atoms with Gasteiger partial charge >= 0.3 is 0 Å². The van der Waals surface area contributed by atoms with Crippen molar-refractivity contribution in [3.8, 4) is 0 Å². The summed E-state index contributed by atoms with van der Waals surface area (Å²) in [6, 6.07) is 5.83. The van der Waals surface area contributed by atoms with Gasteiger partial charge in [-0.1, -0.05) is 25.0 Å². The first-order chi connectivity index (χ1) is 11.0. The van der Waals surface area contributed by atoms with Crippen LogP contribution in [0.4, 0.5) is 4.39 Å². The van der Waals surface area contributed by atoms with E-state index in [2.05, 4.69) is 5.32 Å². The summed E-state index contributed by atoms with van der Waals surface area (Å²) in [5.74, 6) is -0.891. The number of carbonyl (C=O) groups is 1. The molecule has 23 heavy (non-hydrogen) atoms. The Morgan fingerprint density at radius 1 is 1.13 bits per heavy atom. The molecule has 1 amide bonds. The molecule has 1 unspecified atom stereocenters. The zero-order valence-corrected chi connectivity index (χ0v) is 13.8. The number of hydrogen-bond acceptors (Lipinski definition) is 3. The predicted octanol–water partition coefficient (Wildman–Crippen LogP) is 2.75. The molecule has 0 aromatic heterocycles. The smallest absolute Gasteiger partial charge is 0.235 e. The van der Waals surface area contributed by atoms with Crippen LogP contribution in [-0.4, -0.2) is 25.3 Å². The number of hydrogen-bond donors (Lipinski definition) is 1. The minimum absolute atomic E-state index is 0.220. The van der Waals surface area contributed by atoms with Crippen molar-refractivity contribution < 1.29 is 17.6 Å². The largest absolute Gasteiger partial charge is 0.348 e. The van der Waals surface area contributed by atoms with Crippen LogP contribution < -0.4 is 5.32 Å². The second-order valence-corrected chi connectivity index (χ2v) is 8.93. The Balaban J connectivity index is 1.66. The van der Waals surface area contributed by atoms with Gasteiger partial charge in [-0.05, 0) is 49.3 Å². The fraction of sp³-hybridized carbons (Fsp3) is 0.588. The van der Waals surface area contributed by atoms with Gasteiger partial charge in [0.15, 0.2) is 9.84 Å². The number of carbonyl (C=O) groups excluding carboxylic acids is 1. The molecular formula is C17H22FNO3S. The Kier molecular flexibility index (Phi) is 4.71. The summed E-state index contributed by atoms with van der Waals surface area (Å²) in [6.07, 6.45) is 5.17. The molecule has 2 saturated carbocycles. The van der Waals surface area contributed by atoms with Gasteiger partial charge in [-0.25, -0.2) is 12.8 Å². The maximum atomic E-state index is 13.1. The number of rotatable bonds is 6. The highest BCUT2D eigenvalue weighted by atomic mass is 32.2. The summed E-state index contributed by atoms with van der Waals surface area (Å²) in [7, 11) is -3.37. The first-order valence-electron chi connectivity index (χ1n) is 8.22. The van der Waals surface area contributed by atoms with Gasteiger partial charge in [-0.2, -0.15) is 0 Å². The molecule has 0 heterocycles. The van der Waals surface area contributed by atoms with Crippen molar-refractivity contribution in [2.75, 3.05) is 5.75 Å². The van der Waals surface area contributed by atoms with E-state index in [0.29, 0.717) is 18.8 Å².